The van der Waals surface area contributed by atoms with E-state index < -0.39 is 18.0 Å². The average molecular weight is 469 g/mol. The molecule has 0 aliphatic carbocycles. The molecule has 0 fully saturated rings. The Morgan fingerprint density at radius 1 is 1.00 bits per heavy atom. The van der Waals surface area contributed by atoms with Crippen molar-refractivity contribution in [2.75, 3.05) is 18.5 Å². The van der Waals surface area contributed by atoms with E-state index >= 15 is 0 Å². The Kier molecular flexibility index (Phi) is 8.43. The fraction of sp³-hybridized carbons (Fsp3) is 0.320. The van der Waals surface area contributed by atoms with Gasteiger partial charge in [-0.05, 0) is 51.0 Å². The zero-order valence-corrected chi connectivity index (χ0v) is 20.0. The molecule has 0 spiro atoms. The molecule has 7 nitrogen and oxygen atoms in total. The largest absolute Gasteiger partial charge is 0.490 e. The predicted molar refractivity (Wildman–Crippen MR) is 129 cm³/mol. The highest BCUT2D eigenvalue weighted by Gasteiger charge is 2.21. The molecule has 1 amide bonds. The van der Waals surface area contributed by atoms with Crippen LogP contribution in [-0.2, 0) is 16.0 Å². The van der Waals surface area contributed by atoms with Crippen LogP contribution in [0.3, 0.4) is 0 Å². The summed E-state index contributed by atoms with van der Waals surface area (Å²) in [5.74, 6) is -0.0853. The summed E-state index contributed by atoms with van der Waals surface area (Å²) in [4.78, 5) is 29.6. The molecule has 1 heterocycles. The normalized spacial score (nSPS) is 11.5. The van der Waals surface area contributed by atoms with Crippen LogP contribution in [0.25, 0.3) is 11.3 Å². The second kappa shape index (κ2) is 11.5. The number of nitrogens with one attached hydrogen (secondary N) is 1. The van der Waals surface area contributed by atoms with E-state index in [-0.39, 0.29) is 5.56 Å². The van der Waals surface area contributed by atoms with E-state index in [1.165, 1.54) is 23.8 Å². The van der Waals surface area contributed by atoms with Gasteiger partial charge in [0.15, 0.2) is 22.7 Å². The second-order valence-corrected chi connectivity index (χ2v) is 8.01. The van der Waals surface area contributed by atoms with Gasteiger partial charge in [-0.25, -0.2) is 9.78 Å². The van der Waals surface area contributed by atoms with E-state index in [1.807, 2.05) is 31.4 Å². The first-order valence-electron chi connectivity index (χ1n) is 10.9. The molecule has 0 radical (unpaired) electrons. The molecule has 1 N–H and O–H groups in total. The smallest absolute Gasteiger partial charge is 0.339 e. The number of nitrogens with zero attached hydrogens (tertiary/aromatic N) is 1. The molecular formula is C25H28N2O5S. The van der Waals surface area contributed by atoms with Crippen LogP contribution in [-0.4, -0.2) is 36.2 Å². The number of anilines is 1. The van der Waals surface area contributed by atoms with Crippen LogP contribution >= 0.6 is 11.3 Å². The fourth-order valence-corrected chi connectivity index (χ4v) is 3.76. The Labute approximate surface area is 197 Å². The lowest BCUT2D eigenvalue weighted by Crippen LogP contribution is -2.30. The number of benzene rings is 2. The van der Waals surface area contributed by atoms with Crippen molar-refractivity contribution in [2.45, 2.75) is 40.2 Å². The molecule has 174 valence electrons. The topological polar surface area (TPSA) is 86.8 Å². The fourth-order valence-electron chi connectivity index (χ4n) is 3.04. The Hall–Kier alpha value is -3.39. The highest BCUT2D eigenvalue weighted by Crippen LogP contribution is 2.29. The number of hydrogen-bond donors (Lipinski definition) is 1. The van der Waals surface area contributed by atoms with Gasteiger partial charge in [-0.1, -0.05) is 31.2 Å². The van der Waals surface area contributed by atoms with Crippen LogP contribution in [0.1, 0.15) is 43.6 Å². The minimum absolute atomic E-state index is 0.272. The maximum Gasteiger partial charge on any atom is 0.339 e. The van der Waals surface area contributed by atoms with Crippen molar-refractivity contribution in [3.8, 4) is 22.8 Å². The zero-order valence-electron chi connectivity index (χ0n) is 19.2. The summed E-state index contributed by atoms with van der Waals surface area (Å²) in [6.07, 6.45) is -0.0328. The molecule has 2 aromatic carbocycles. The lowest BCUT2D eigenvalue weighted by atomic mass is 10.1. The zero-order chi connectivity index (χ0) is 23.8. The Morgan fingerprint density at radius 3 is 2.36 bits per heavy atom. The van der Waals surface area contributed by atoms with Gasteiger partial charge in [-0.15, -0.1) is 11.3 Å². The molecule has 8 heteroatoms. The molecule has 33 heavy (non-hydrogen) atoms. The first-order chi connectivity index (χ1) is 15.9. The number of carbonyl (C=O) groups excluding carboxylic acids is 2. The van der Waals surface area contributed by atoms with Crippen LogP contribution in [0, 0.1) is 0 Å². The van der Waals surface area contributed by atoms with Crippen molar-refractivity contribution >= 4 is 28.3 Å². The summed E-state index contributed by atoms with van der Waals surface area (Å²) < 4.78 is 16.4. The van der Waals surface area contributed by atoms with E-state index in [9.17, 15) is 9.59 Å². The van der Waals surface area contributed by atoms with Crippen LogP contribution in [0.4, 0.5) is 5.13 Å². The molecule has 0 saturated carbocycles. The van der Waals surface area contributed by atoms with E-state index in [2.05, 4.69) is 29.4 Å². The van der Waals surface area contributed by atoms with Crippen molar-refractivity contribution in [3.05, 3.63) is 59.0 Å². The van der Waals surface area contributed by atoms with Gasteiger partial charge in [-0.3, -0.25) is 10.1 Å². The number of rotatable bonds is 10. The summed E-state index contributed by atoms with van der Waals surface area (Å²) in [6, 6.07) is 12.9. The third-order valence-electron chi connectivity index (χ3n) is 4.82. The summed E-state index contributed by atoms with van der Waals surface area (Å²) in [6.45, 7) is 8.24. The maximum absolute atomic E-state index is 12.6. The predicted octanol–water partition coefficient (Wildman–Crippen LogP) is 5.35. The van der Waals surface area contributed by atoms with E-state index in [4.69, 9.17) is 14.2 Å². The number of aromatic nitrogens is 1. The van der Waals surface area contributed by atoms with Gasteiger partial charge in [0.05, 0.1) is 24.5 Å². The van der Waals surface area contributed by atoms with Gasteiger partial charge >= 0.3 is 5.97 Å². The van der Waals surface area contributed by atoms with Gasteiger partial charge in [0, 0.05) is 10.9 Å². The van der Waals surface area contributed by atoms with E-state index in [0.29, 0.717) is 29.8 Å². The minimum Gasteiger partial charge on any atom is -0.490 e. The standard InChI is InChI=1S/C25H28N2O5S/c1-5-17-8-10-18(11-9-17)20-15-33-25(26-20)27-23(28)16(4)32-24(29)19-12-13-21(30-6-2)22(14-19)31-7-3/h8-16H,5-7H2,1-4H3,(H,26,27,28)/t16-/m1/s1. The Morgan fingerprint density at radius 2 is 1.70 bits per heavy atom. The van der Waals surface area contributed by atoms with Crippen molar-refractivity contribution < 1.29 is 23.8 Å². The first kappa shape index (κ1) is 24.3. The van der Waals surface area contributed by atoms with Crippen molar-refractivity contribution in [2.24, 2.45) is 0 Å². The van der Waals surface area contributed by atoms with Gasteiger partial charge in [0.25, 0.3) is 5.91 Å². The van der Waals surface area contributed by atoms with E-state index in [0.717, 1.165) is 17.7 Å². The lowest BCUT2D eigenvalue weighted by molar-refractivity contribution is -0.123. The number of esters is 1. The number of ether oxygens (including phenoxy) is 3. The maximum atomic E-state index is 12.6. The van der Waals surface area contributed by atoms with Crippen LogP contribution in [0.2, 0.25) is 0 Å². The first-order valence-corrected chi connectivity index (χ1v) is 11.8. The number of aryl methyl sites for hydroxylation is 1. The van der Waals surface area contributed by atoms with Crippen LogP contribution < -0.4 is 14.8 Å². The summed E-state index contributed by atoms with van der Waals surface area (Å²) in [5.41, 5.74) is 3.28. The molecule has 0 unspecified atom stereocenters. The third kappa shape index (κ3) is 6.32. The van der Waals surface area contributed by atoms with E-state index in [1.54, 1.807) is 18.2 Å². The van der Waals surface area contributed by atoms with Crippen molar-refractivity contribution in [1.29, 1.82) is 0 Å². The lowest BCUT2D eigenvalue weighted by Gasteiger charge is -2.14. The molecule has 0 saturated heterocycles. The minimum atomic E-state index is -1.00. The molecular weight excluding hydrogens is 440 g/mol. The van der Waals surface area contributed by atoms with Crippen molar-refractivity contribution in [3.63, 3.8) is 0 Å². The molecule has 0 aliphatic rings. The van der Waals surface area contributed by atoms with Gasteiger partial charge in [0.2, 0.25) is 0 Å². The number of amides is 1. The molecule has 0 aliphatic heterocycles. The van der Waals surface area contributed by atoms with Gasteiger partial charge < -0.3 is 14.2 Å². The average Bonchev–Trinajstić information content (AvgIpc) is 3.28. The number of hydrogen-bond acceptors (Lipinski definition) is 7. The Bertz CT molecular complexity index is 1090. The molecule has 1 atom stereocenters. The number of carbonyl (C=O) groups is 2. The highest BCUT2D eigenvalue weighted by atomic mass is 32.1. The second-order valence-electron chi connectivity index (χ2n) is 7.15. The summed E-state index contributed by atoms with van der Waals surface area (Å²) in [5, 5.41) is 5.03. The van der Waals surface area contributed by atoms with Crippen molar-refractivity contribution in [1.82, 2.24) is 4.98 Å². The molecule has 1 aromatic heterocycles. The quantitative estimate of drug-likeness (QED) is 0.404. The Balaban J connectivity index is 1.62. The van der Waals surface area contributed by atoms with Gasteiger partial charge in [0.1, 0.15) is 0 Å². The highest BCUT2D eigenvalue weighted by molar-refractivity contribution is 7.14. The summed E-state index contributed by atoms with van der Waals surface area (Å²) in [7, 11) is 0. The molecule has 0 bridgehead atoms. The van der Waals surface area contributed by atoms with Crippen LogP contribution in [0.15, 0.2) is 47.8 Å². The molecule has 3 rings (SSSR count). The monoisotopic (exact) mass is 468 g/mol. The SMILES string of the molecule is CCOc1ccc(C(=O)O[C@H](C)C(=O)Nc2nc(-c3ccc(CC)cc3)cs2)cc1OCC. The summed E-state index contributed by atoms with van der Waals surface area (Å²) >= 11 is 1.31. The third-order valence-corrected chi connectivity index (χ3v) is 5.58. The molecule has 3 aromatic rings. The van der Waals surface area contributed by atoms with Crippen LogP contribution in [0.5, 0.6) is 11.5 Å². The van der Waals surface area contributed by atoms with Gasteiger partial charge in [-0.2, -0.15) is 0 Å². The number of thiazole rings is 1.